The van der Waals surface area contributed by atoms with Crippen LogP contribution in [0.1, 0.15) is 34.8 Å². The summed E-state index contributed by atoms with van der Waals surface area (Å²) in [6, 6.07) is 20.1. The van der Waals surface area contributed by atoms with Gasteiger partial charge in [0.25, 0.3) is 5.91 Å². The first-order valence-corrected chi connectivity index (χ1v) is 9.77. The van der Waals surface area contributed by atoms with E-state index >= 15 is 0 Å². The Hall–Kier alpha value is -2.99. The highest BCUT2D eigenvalue weighted by Crippen LogP contribution is 2.32. The van der Waals surface area contributed by atoms with Crippen LogP contribution < -0.4 is 5.73 Å². The van der Waals surface area contributed by atoms with E-state index < -0.39 is 0 Å². The SMILES string of the molecule is CCc1nc(C(=O)N2C[C@@H](CN)[C@H](c3ccccc3)C2)nn1-c1ccccc1. The third-order valence-electron chi connectivity index (χ3n) is 5.44. The molecule has 0 bridgehead atoms. The van der Waals surface area contributed by atoms with Gasteiger partial charge in [0.1, 0.15) is 5.82 Å². The molecule has 1 aromatic heterocycles. The number of carbonyl (C=O) groups is 1. The number of aryl methyl sites for hydroxylation is 1. The van der Waals surface area contributed by atoms with E-state index in [-0.39, 0.29) is 23.6 Å². The zero-order valence-corrected chi connectivity index (χ0v) is 16.0. The van der Waals surface area contributed by atoms with Gasteiger partial charge in [-0.2, -0.15) is 0 Å². The molecule has 0 saturated carbocycles. The Balaban J connectivity index is 1.59. The Kier molecular flexibility index (Phi) is 5.21. The number of nitrogens with two attached hydrogens (primary N) is 1. The van der Waals surface area contributed by atoms with Crippen LogP contribution in [0.2, 0.25) is 0 Å². The molecule has 0 aliphatic carbocycles. The number of para-hydroxylation sites is 1. The first-order valence-electron chi connectivity index (χ1n) is 9.77. The Morgan fingerprint density at radius 2 is 1.75 bits per heavy atom. The average Bonchev–Trinajstić information content (AvgIpc) is 3.39. The number of hydrogen-bond donors (Lipinski definition) is 1. The lowest BCUT2D eigenvalue weighted by molar-refractivity contribution is 0.0774. The van der Waals surface area contributed by atoms with E-state index in [1.54, 1.807) is 4.68 Å². The van der Waals surface area contributed by atoms with Crippen molar-refractivity contribution in [2.75, 3.05) is 19.6 Å². The largest absolute Gasteiger partial charge is 0.335 e. The van der Waals surface area contributed by atoms with E-state index in [0.29, 0.717) is 26.1 Å². The summed E-state index contributed by atoms with van der Waals surface area (Å²) in [5.74, 6) is 1.40. The minimum Gasteiger partial charge on any atom is -0.335 e. The second kappa shape index (κ2) is 7.94. The van der Waals surface area contributed by atoms with Crippen molar-refractivity contribution in [3.8, 4) is 5.69 Å². The zero-order chi connectivity index (χ0) is 19.5. The van der Waals surface area contributed by atoms with Gasteiger partial charge in [0.15, 0.2) is 0 Å². The zero-order valence-electron chi connectivity index (χ0n) is 16.0. The van der Waals surface area contributed by atoms with E-state index in [0.717, 1.165) is 11.5 Å². The van der Waals surface area contributed by atoms with Crippen LogP contribution in [0.25, 0.3) is 5.69 Å². The van der Waals surface area contributed by atoms with Gasteiger partial charge < -0.3 is 10.6 Å². The normalized spacial score (nSPS) is 19.1. The highest BCUT2D eigenvalue weighted by molar-refractivity contribution is 5.90. The summed E-state index contributed by atoms with van der Waals surface area (Å²) in [7, 11) is 0. The van der Waals surface area contributed by atoms with Gasteiger partial charge in [-0.15, -0.1) is 5.10 Å². The highest BCUT2D eigenvalue weighted by Gasteiger charge is 2.37. The van der Waals surface area contributed by atoms with Crippen molar-refractivity contribution in [1.29, 1.82) is 0 Å². The van der Waals surface area contributed by atoms with Crippen molar-refractivity contribution in [1.82, 2.24) is 19.7 Å². The maximum Gasteiger partial charge on any atom is 0.293 e. The van der Waals surface area contributed by atoms with Gasteiger partial charge in [-0.3, -0.25) is 4.79 Å². The molecule has 6 nitrogen and oxygen atoms in total. The second-order valence-corrected chi connectivity index (χ2v) is 7.18. The summed E-state index contributed by atoms with van der Waals surface area (Å²) in [5.41, 5.74) is 8.15. The van der Waals surface area contributed by atoms with E-state index in [9.17, 15) is 4.79 Å². The summed E-state index contributed by atoms with van der Waals surface area (Å²) in [6.07, 6.45) is 0.702. The van der Waals surface area contributed by atoms with Crippen molar-refractivity contribution >= 4 is 5.91 Å². The van der Waals surface area contributed by atoms with E-state index in [1.165, 1.54) is 5.56 Å². The van der Waals surface area contributed by atoms with Crippen LogP contribution in [0.4, 0.5) is 0 Å². The van der Waals surface area contributed by atoms with Crippen LogP contribution in [-0.2, 0) is 6.42 Å². The molecule has 1 saturated heterocycles. The van der Waals surface area contributed by atoms with Crippen LogP contribution in [0.15, 0.2) is 60.7 Å². The van der Waals surface area contributed by atoms with Crippen molar-refractivity contribution in [3.63, 3.8) is 0 Å². The number of rotatable bonds is 5. The Morgan fingerprint density at radius 3 is 2.39 bits per heavy atom. The molecule has 2 atom stereocenters. The Bertz CT molecular complexity index is 938. The summed E-state index contributed by atoms with van der Waals surface area (Å²) in [5, 5.41) is 4.53. The smallest absolute Gasteiger partial charge is 0.293 e. The second-order valence-electron chi connectivity index (χ2n) is 7.18. The van der Waals surface area contributed by atoms with Gasteiger partial charge in [0.2, 0.25) is 5.82 Å². The lowest BCUT2D eigenvalue weighted by Gasteiger charge is -2.16. The Morgan fingerprint density at radius 1 is 1.07 bits per heavy atom. The number of aromatic nitrogens is 3. The standard InChI is InChI=1S/C22H25N5O/c1-2-20-24-21(25-27(20)18-11-7-4-8-12-18)22(28)26-14-17(13-23)19(15-26)16-9-5-3-6-10-16/h3-12,17,19H,2,13-15,23H2,1H3/t17-,19+/m1/s1. The molecule has 1 fully saturated rings. The number of hydrogen-bond acceptors (Lipinski definition) is 4. The van der Waals surface area contributed by atoms with Crippen LogP contribution in [0.5, 0.6) is 0 Å². The van der Waals surface area contributed by atoms with Gasteiger partial charge in [-0.25, -0.2) is 9.67 Å². The molecule has 1 aliphatic heterocycles. The third kappa shape index (κ3) is 3.43. The molecule has 4 rings (SSSR count). The number of carbonyl (C=O) groups excluding carboxylic acids is 1. The molecule has 0 spiro atoms. The quantitative estimate of drug-likeness (QED) is 0.744. The van der Waals surface area contributed by atoms with Gasteiger partial charge in [0, 0.05) is 25.4 Å². The fourth-order valence-corrected chi connectivity index (χ4v) is 3.93. The predicted molar refractivity (Wildman–Crippen MR) is 108 cm³/mol. The number of likely N-dealkylation sites (tertiary alicyclic amines) is 1. The molecule has 0 unspecified atom stereocenters. The lowest BCUT2D eigenvalue weighted by atomic mass is 9.89. The number of nitrogens with zero attached hydrogens (tertiary/aromatic N) is 4. The summed E-state index contributed by atoms with van der Waals surface area (Å²) >= 11 is 0. The first kappa shape index (κ1) is 18.4. The van der Waals surface area contributed by atoms with Gasteiger partial charge >= 0.3 is 0 Å². The first-order chi connectivity index (χ1) is 13.7. The van der Waals surface area contributed by atoms with Crippen molar-refractivity contribution < 1.29 is 4.79 Å². The molecule has 1 amide bonds. The highest BCUT2D eigenvalue weighted by atomic mass is 16.2. The average molecular weight is 375 g/mol. The van der Waals surface area contributed by atoms with Crippen LogP contribution in [-0.4, -0.2) is 45.2 Å². The van der Waals surface area contributed by atoms with E-state index in [2.05, 4.69) is 22.2 Å². The van der Waals surface area contributed by atoms with Crippen LogP contribution in [0, 0.1) is 5.92 Å². The molecule has 1 aliphatic rings. The molecule has 3 aromatic rings. The summed E-state index contributed by atoms with van der Waals surface area (Å²) in [4.78, 5) is 19.5. The maximum atomic E-state index is 13.1. The third-order valence-corrected chi connectivity index (χ3v) is 5.44. The van der Waals surface area contributed by atoms with E-state index in [4.69, 9.17) is 5.73 Å². The summed E-state index contributed by atoms with van der Waals surface area (Å²) in [6.45, 7) is 3.85. The minimum absolute atomic E-state index is 0.124. The fourth-order valence-electron chi connectivity index (χ4n) is 3.93. The molecule has 144 valence electrons. The van der Waals surface area contributed by atoms with Gasteiger partial charge in [0.05, 0.1) is 5.69 Å². The monoisotopic (exact) mass is 375 g/mol. The predicted octanol–water partition coefficient (Wildman–Crippen LogP) is 2.64. The van der Waals surface area contributed by atoms with Crippen LogP contribution in [0.3, 0.4) is 0 Å². The Labute approximate surface area is 165 Å². The van der Waals surface area contributed by atoms with Gasteiger partial charge in [-0.05, 0) is 30.2 Å². The lowest BCUT2D eigenvalue weighted by Crippen LogP contribution is -2.30. The number of benzene rings is 2. The molecule has 2 heterocycles. The van der Waals surface area contributed by atoms with Crippen molar-refractivity contribution in [3.05, 3.63) is 77.9 Å². The molecule has 2 aromatic carbocycles. The molecule has 2 N–H and O–H groups in total. The minimum atomic E-state index is -0.124. The van der Waals surface area contributed by atoms with Crippen molar-refractivity contribution in [2.24, 2.45) is 11.7 Å². The molecule has 0 radical (unpaired) electrons. The van der Waals surface area contributed by atoms with Gasteiger partial charge in [-0.1, -0.05) is 55.5 Å². The fraction of sp³-hybridized carbons (Fsp3) is 0.318. The molecular formula is C22H25N5O. The molecule has 6 heteroatoms. The maximum absolute atomic E-state index is 13.1. The van der Waals surface area contributed by atoms with E-state index in [1.807, 2.05) is 60.4 Å². The van der Waals surface area contributed by atoms with Crippen molar-refractivity contribution in [2.45, 2.75) is 19.3 Å². The number of amides is 1. The molecule has 28 heavy (non-hydrogen) atoms. The molecular weight excluding hydrogens is 350 g/mol. The topological polar surface area (TPSA) is 77.0 Å². The van der Waals surface area contributed by atoms with Crippen LogP contribution >= 0.6 is 0 Å². The summed E-state index contributed by atoms with van der Waals surface area (Å²) < 4.78 is 1.76.